The van der Waals surface area contributed by atoms with Gasteiger partial charge in [-0.15, -0.1) is 0 Å². The third-order valence-corrected chi connectivity index (χ3v) is 7.00. The van der Waals surface area contributed by atoms with Crippen molar-refractivity contribution >= 4 is 11.7 Å². The summed E-state index contributed by atoms with van der Waals surface area (Å²) >= 11 is 0. The number of hydrogen-bond donors (Lipinski definition) is 1. The Morgan fingerprint density at radius 3 is 2.63 bits per heavy atom. The van der Waals surface area contributed by atoms with Gasteiger partial charge in [0.1, 0.15) is 11.9 Å². The van der Waals surface area contributed by atoms with Gasteiger partial charge in [0.05, 0.1) is 32.0 Å². The van der Waals surface area contributed by atoms with Crippen molar-refractivity contribution in [2.75, 3.05) is 19.8 Å². The number of nitrogens with one attached hydrogen (secondary N) is 1. The molecule has 162 valence electrons. The van der Waals surface area contributed by atoms with Gasteiger partial charge in [-0.1, -0.05) is 25.0 Å². The average Bonchev–Trinajstić information content (AvgIpc) is 3.15. The summed E-state index contributed by atoms with van der Waals surface area (Å²) in [6, 6.07) is 7.43. The summed E-state index contributed by atoms with van der Waals surface area (Å²) in [6.07, 6.45) is 7.15. The SMILES string of the molecule is O=C(CC1COC2C(NC(=O)C3CC3)COC12)c1cccc(OCC2CCCC2)c1. The first kappa shape index (κ1) is 20.0. The molecule has 5 rings (SSSR count). The van der Waals surface area contributed by atoms with Crippen molar-refractivity contribution in [3.63, 3.8) is 0 Å². The van der Waals surface area contributed by atoms with E-state index in [-0.39, 0.29) is 41.8 Å². The highest BCUT2D eigenvalue weighted by molar-refractivity contribution is 5.96. The number of ether oxygens (including phenoxy) is 3. The molecule has 4 unspecified atom stereocenters. The van der Waals surface area contributed by atoms with Crippen molar-refractivity contribution in [2.24, 2.45) is 17.8 Å². The molecule has 2 saturated carbocycles. The van der Waals surface area contributed by atoms with Crippen LogP contribution < -0.4 is 10.1 Å². The zero-order chi connectivity index (χ0) is 20.5. The predicted octanol–water partition coefficient (Wildman–Crippen LogP) is 3.14. The van der Waals surface area contributed by atoms with Gasteiger partial charge in [-0.3, -0.25) is 9.59 Å². The van der Waals surface area contributed by atoms with Crippen LogP contribution >= 0.6 is 0 Å². The van der Waals surface area contributed by atoms with Crippen molar-refractivity contribution in [1.82, 2.24) is 5.32 Å². The van der Waals surface area contributed by atoms with E-state index < -0.39 is 0 Å². The topological polar surface area (TPSA) is 73.9 Å². The summed E-state index contributed by atoms with van der Waals surface area (Å²) in [7, 11) is 0. The number of fused-ring (bicyclic) bond motifs is 1. The number of hydrogen-bond acceptors (Lipinski definition) is 5. The second-order valence-corrected chi connectivity index (χ2v) is 9.36. The minimum Gasteiger partial charge on any atom is -0.493 e. The molecule has 2 saturated heterocycles. The Hall–Kier alpha value is -1.92. The largest absolute Gasteiger partial charge is 0.493 e. The molecular weight excluding hydrogens is 382 g/mol. The van der Waals surface area contributed by atoms with Crippen LogP contribution in [-0.4, -0.2) is 49.8 Å². The van der Waals surface area contributed by atoms with Gasteiger partial charge in [0.25, 0.3) is 0 Å². The monoisotopic (exact) mass is 413 g/mol. The van der Waals surface area contributed by atoms with Gasteiger partial charge in [-0.2, -0.15) is 0 Å². The third kappa shape index (κ3) is 4.40. The van der Waals surface area contributed by atoms with Crippen LogP contribution in [0.4, 0.5) is 0 Å². The molecule has 2 aliphatic carbocycles. The highest BCUT2D eigenvalue weighted by Gasteiger charge is 2.49. The molecule has 4 fully saturated rings. The van der Waals surface area contributed by atoms with E-state index >= 15 is 0 Å². The van der Waals surface area contributed by atoms with Crippen molar-refractivity contribution in [3.05, 3.63) is 29.8 Å². The Labute approximate surface area is 177 Å². The summed E-state index contributed by atoms with van der Waals surface area (Å²) in [5, 5.41) is 3.07. The average molecular weight is 414 g/mol. The van der Waals surface area contributed by atoms with Gasteiger partial charge in [0.15, 0.2) is 5.78 Å². The number of amides is 1. The normalized spacial score (nSPS) is 30.9. The molecule has 1 aromatic carbocycles. The Bertz CT molecular complexity index is 786. The number of benzene rings is 1. The molecule has 6 heteroatoms. The molecule has 6 nitrogen and oxygen atoms in total. The van der Waals surface area contributed by atoms with Gasteiger partial charge in [0.2, 0.25) is 5.91 Å². The molecule has 1 amide bonds. The number of Topliss-reactive ketones (excluding diaryl/α,β-unsaturated/α-hetero) is 1. The summed E-state index contributed by atoms with van der Waals surface area (Å²) in [4.78, 5) is 25.0. The number of carbonyl (C=O) groups excluding carboxylic acids is 2. The summed E-state index contributed by atoms with van der Waals surface area (Å²) in [6.45, 7) is 1.69. The quantitative estimate of drug-likeness (QED) is 0.663. The van der Waals surface area contributed by atoms with E-state index in [0.29, 0.717) is 31.1 Å². The summed E-state index contributed by atoms with van der Waals surface area (Å²) in [5.41, 5.74) is 0.680. The van der Waals surface area contributed by atoms with Crippen molar-refractivity contribution in [2.45, 2.75) is 63.2 Å². The van der Waals surface area contributed by atoms with Crippen LogP contribution in [-0.2, 0) is 14.3 Å². The molecule has 0 aromatic heterocycles. The first-order valence-corrected chi connectivity index (χ1v) is 11.5. The second-order valence-electron chi connectivity index (χ2n) is 9.36. The van der Waals surface area contributed by atoms with Gasteiger partial charge < -0.3 is 19.5 Å². The molecule has 30 heavy (non-hydrogen) atoms. The van der Waals surface area contributed by atoms with Gasteiger partial charge in [-0.25, -0.2) is 0 Å². The van der Waals surface area contributed by atoms with Crippen LogP contribution in [0, 0.1) is 17.8 Å². The van der Waals surface area contributed by atoms with Crippen molar-refractivity contribution in [3.8, 4) is 5.75 Å². The molecule has 4 atom stereocenters. The first-order valence-electron chi connectivity index (χ1n) is 11.5. The van der Waals surface area contributed by atoms with Gasteiger partial charge in [0, 0.05) is 23.8 Å². The van der Waals surface area contributed by atoms with E-state index in [1.165, 1.54) is 25.7 Å². The third-order valence-electron chi connectivity index (χ3n) is 7.00. The summed E-state index contributed by atoms with van der Waals surface area (Å²) in [5.74, 6) is 1.81. The van der Waals surface area contributed by atoms with Crippen LogP contribution in [0.15, 0.2) is 24.3 Å². The van der Waals surface area contributed by atoms with Gasteiger partial charge >= 0.3 is 0 Å². The minimum atomic E-state index is -0.147. The molecule has 4 aliphatic rings. The fraction of sp³-hybridized carbons (Fsp3) is 0.667. The van der Waals surface area contributed by atoms with Gasteiger partial charge in [-0.05, 0) is 43.7 Å². The van der Waals surface area contributed by atoms with Crippen molar-refractivity contribution in [1.29, 1.82) is 0 Å². The lowest BCUT2D eigenvalue weighted by Gasteiger charge is -2.17. The lowest BCUT2D eigenvalue weighted by Crippen LogP contribution is -2.44. The molecule has 0 spiro atoms. The maximum Gasteiger partial charge on any atom is 0.223 e. The minimum absolute atomic E-state index is 0.0217. The Kier molecular flexibility index (Phi) is 5.79. The van der Waals surface area contributed by atoms with Crippen LogP contribution in [0.3, 0.4) is 0 Å². The zero-order valence-corrected chi connectivity index (χ0v) is 17.4. The van der Waals surface area contributed by atoms with Crippen LogP contribution in [0.25, 0.3) is 0 Å². The first-order chi connectivity index (χ1) is 14.7. The van der Waals surface area contributed by atoms with Crippen LogP contribution in [0.1, 0.15) is 55.3 Å². The Balaban J connectivity index is 1.15. The van der Waals surface area contributed by atoms with E-state index in [0.717, 1.165) is 25.2 Å². The molecule has 0 radical (unpaired) electrons. The molecular formula is C24H31NO5. The fourth-order valence-corrected chi connectivity index (χ4v) is 5.03. The highest BCUT2D eigenvalue weighted by Crippen LogP contribution is 2.35. The van der Waals surface area contributed by atoms with E-state index in [2.05, 4.69) is 5.32 Å². The lowest BCUT2D eigenvalue weighted by molar-refractivity contribution is -0.123. The molecule has 0 bridgehead atoms. The predicted molar refractivity (Wildman–Crippen MR) is 110 cm³/mol. The zero-order valence-electron chi connectivity index (χ0n) is 17.4. The van der Waals surface area contributed by atoms with Crippen LogP contribution in [0.5, 0.6) is 5.75 Å². The number of carbonyl (C=O) groups is 2. The molecule has 2 aliphatic heterocycles. The standard InChI is InChI=1S/C24H31NO5/c26-21(17-6-3-7-19(10-17)28-12-15-4-1-2-5-15)11-18-13-29-23-20(14-30-22(18)23)25-24(27)16-8-9-16/h3,6-7,10,15-16,18,20,22-23H,1-2,4-5,8-9,11-14H2,(H,25,27). The maximum atomic E-state index is 12.9. The molecule has 1 aromatic rings. The molecule has 1 N–H and O–H groups in total. The smallest absolute Gasteiger partial charge is 0.223 e. The van der Waals surface area contributed by atoms with E-state index in [4.69, 9.17) is 14.2 Å². The van der Waals surface area contributed by atoms with Crippen LogP contribution in [0.2, 0.25) is 0 Å². The van der Waals surface area contributed by atoms with E-state index in [1.54, 1.807) is 0 Å². The molecule has 2 heterocycles. The number of rotatable bonds is 8. The lowest BCUT2D eigenvalue weighted by atomic mass is 9.92. The van der Waals surface area contributed by atoms with E-state index in [9.17, 15) is 9.59 Å². The summed E-state index contributed by atoms with van der Waals surface area (Å²) < 4.78 is 17.8. The second kappa shape index (κ2) is 8.67. The maximum absolute atomic E-state index is 12.9. The fourth-order valence-electron chi connectivity index (χ4n) is 5.03. The Morgan fingerprint density at radius 2 is 1.83 bits per heavy atom. The van der Waals surface area contributed by atoms with E-state index in [1.807, 2.05) is 24.3 Å². The highest BCUT2D eigenvalue weighted by atomic mass is 16.6. The number of ketones is 1. The Morgan fingerprint density at radius 1 is 1.03 bits per heavy atom. The van der Waals surface area contributed by atoms with Crippen molar-refractivity contribution < 1.29 is 23.8 Å².